The van der Waals surface area contributed by atoms with Crippen molar-refractivity contribution in [1.29, 1.82) is 0 Å². The average Bonchev–Trinajstić information content (AvgIpc) is 2.99. The highest BCUT2D eigenvalue weighted by Crippen LogP contribution is 2.37. The normalized spacial score (nSPS) is 12.2. The predicted molar refractivity (Wildman–Crippen MR) is 89.9 cm³/mol. The van der Waals surface area contributed by atoms with E-state index >= 15 is 0 Å². The van der Waals surface area contributed by atoms with Gasteiger partial charge in [-0.3, -0.25) is 0 Å². The number of hydrogen-bond acceptors (Lipinski definition) is 5. The Bertz CT molecular complexity index is 713. The average molecular weight is 312 g/mol. The number of nitrogens with two attached hydrogens (primary N) is 1. The lowest BCUT2D eigenvalue weighted by Crippen LogP contribution is -2.07. The van der Waals surface area contributed by atoms with Gasteiger partial charge in [-0.2, -0.15) is 0 Å². The summed E-state index contributed by atoms with van der Waals surface area (Å²) in [7, 11) is 0. The molecule has 120 valence electrons. The van der Waals surface area contributed by atoms with E-state index in [-0.39, 0.29) is 0 Å². The van der Waals surface area contributed by atoms with Crippen molar-refractivity contribution in [2.45, 2.75) is 13.3 Å². The van der Waals surface area contributed by atoms with Crippen LogP contribution in [0.1, 0.15) is 18.1 Å². The van der Waals surface area contributed by atoms with E-state index in [1.807, 2.05) is 19.1 Å². The van der Waals surface area contributed by atoms with Crippen LogP contribution in [0, 0.1) is 0 Å². The molecular weight excluding hydrogens is 292 g/mol. The molecule has 0 atom stereocenters. The lowest BCUT2D eigenvalue weighted by molar-refractivity contribution is 0.109. The third-order valence-corrected chi connectivity index (χ3v) is 3.51. The first-order valence-corrected chi connectivity index (χ1v) is 7.69. The highest BCUT2D eigenvalue weighted by Gasteiger charge is 2.14. The molecule has 3 rings (SSSR count). The zero-order chi connectivity index (χ0) is 16.1. The van der Waals surface area contributed by atoms with Crippen molar-refractivity contribution in [3.05, 3.63) is 47.7 Å². The van der Waals surface area contributed by atoms with Gasteiger partial charge >= 0.3 is 0 Å². The number of hydrogen-bond donors (Lipinski definition) is 1. The van der Waals surface area contributed by atoms with Crippen molar-refractivity contribution >= 4 is 11.9 Å². The molecule has 1 aliphatic carbocycles. The highest BCUT2D eigenvalue weighted by molar-refractivity contribution is 5.65. The lowest BCUT2D eigenvalue weighted by Gasteiger charge is -2.15. The number of anilines is 1. The van der Waals surface area contributed by atoms with Gasteiger partial charge in [-0.25, -0.2) is 4.98 Å². The first kappa shape index (κ1) is 15.4. The summed E-state index contributed by atoms with van der Waals surface area (Å²) >= 11 is 0. The predicted octanol–water partition coefficient (Wildman–Crippen LogP) is 3.44. The summed E-state index contributed by atoms with van der Waals surface area (Å²) in [6, 6.07) is 7.48. The van der Waals surface area contributed by atoms with Gasteiger partial charge in [0.25, 0.3) is 0 Å². The molecule has 0 unspecified atom stereocenters. The number of fused-ring (bicyclic) bond motifs is 1. The molecule has 5 nitrogen and oxygen atoms in total. The van der Waals surface area contributed by atoms with Crippen LogP contribution >= 0.6 is 0 Å². The lowest BCUT2D eigenvalue weighted by atomic mass is 10.1. The fraction of sp³-hybridized carbons (Fsp3) is 0.278. The van der Waals surface area contributed by atoms with Gasteiger partial charge in [0, 0.05) is 18.9 Å². The maximum Gasteiger partial charge on any atom is 0.169 e. The second-order valence-corrected chi connectivity index (χ2v) is 5.17. The molecule has 0 bridgehead atoms. The summed E-state index contributed by atoms with van der Waals surface area (Å²) in [5.41, 5.74) is 8.09. The van der Waals surface area contributed by atoms with Crippen LogP contribution in [0.3, 0.4) is 0 Å². The smallest absolute Gasteiger partial charge is 0.169 e. The Morgan fingerprint density at radius 1 is 1.17 bits per heavy atom. The Hall–Kier alpha value is -2.53. The maximum absolute atomic E-state index is 5.95. The van der Waals surface area contributed by atoms with Gasteiger partial charge in [0.2, 0.25) is 0 Å². The van der Waals surface area contributed by atoms with Gasteiger partial charge in [-0.15, -0.1) is 0 Å². The van der Waals surface area contributed by atoms with Gasteiger partial charge < -0.3 is 19.9 Å². The Morgan fingerprint density at radius 3 is 2.91 bits per heavy atom. The number of nitrogens with zero attached hydrogens (tertiary/aromatic N) is 1. The van der Waals surface area contributed by atoms with Crippen molar-refractivity contribution in [3.8, 4) is 17.2 Å². The minimum Gasteiger partial charge on any atom is -0.487 e. The third kappa shape index (κ3) is 3.81. The second kappa shape index (κ2) is 7.15. The van der Waals surface area contributed by atoms with Crippen LogP contribution in [0.15, 0.2) is 36.5 Å². The van der Waals surface area contributed by atoms with E-state index in [0.29, 0.717) is 42.9 Å². The molecule has 5 heteroatoms. The quantitative estimate of drug-likeness (QED) is 0.793. The van der Waals surface area contributed by atoms with Crippen LogP contribution in [0.2, 0.25) is 0 Å². The molecular formula is C18H20N2O3. The molecule has 0 aliphatic heterocycles. The van der Waals surface area contributed by atoms with E-state index in [1.165, 1.54) is 5.56 Å². The highest BCUT2D eigenvalue weighted by atomic mass is 16.5. The first-order chi connectivity index (χ1) is 11.3. The zero-order valence-electron chi connectivity index (χ0n) is 13.1. The Kier molecular flexibility index (Phi) is 4.78. The summed E-state index contributed by atoms with van der Waals surface area (Å²) < 4.78 is 17.1. The fourth-order valence-corrected chi connectivity index (χ4v) is 2.43. The van der Waals surface area contributed by atoms with Crippen LogP contribution in [-0.4, -0.2) is 24.8 Å². The van der Waals surface area contributed by atoms with E-state index in [0.717, 1.165) is 12.0 Å². The molecule has 0 amide bonds. The molecule has 23 heavy (non-hydrogen) atoms. The van der Waals surface area contributed by atoms with Crippen LogP contribution < -0.4 is 15.2 Å². The van der Waals surface area contributed by atoms with Crippen molar-refractivity contribution in [2.24, 2.45) is 0 Å². The molecule has 1 aromatic carbocycles. The first-order valence-electron chi connectivity index (χ1n) is 7.69. The van der Waals surface area contributed by atoms with Gasteiger partial charge in [0.15, 0.2) is 11.5 Å². The Labute approximate surface area is 135 Å². The monoisotopic (exact) mass is 312 g/mol. The molecule has 2 N–H and O–H groups in total. The number of nitrogen functional groups attached to an aromatic ring is 1. The van der Waals surface area contributed by atoms with Gasteiger partial charge in [0.05, 0.1) is 6.61 Å². The standard InChI is InChI=1S/C18H20N2O3/c1-2-21-8-9-22-16-10-13-4-3-5-14(13)11-17(16)23-15-6-7-20-18(19)12-15/h3,5-7,10-12H,2,4,8-9H2,1H3,(H2,19,20). The van der Waals surface area contributed by atoms with Crippen LogP contribution in [0.5, 0.6) is 17.2 Å². The number of aromatic nitrogens is 1. The third-order valence-electron chi connectivity index (χ3n) is 3.51. The fourth-order valence-electron chi connectivity index (χ4n) is 2.43. The number of ether oxygens (including phenoxy) is 3. The topological polar surface area (TPSA) is 66.6 Å². The van der Waals surface area contributed by atoms with E-state index in [9.17, 15) is 0 Å². The maximum atomic E-state index is 5.95. The summed E-state index contributed by atoms with van der Waals surface area (Å²) in [4.78, 5) is 3.97. The molecule has 0 spiro atoms. The SMILES string of the molecule is CCOCCOc1cc2c(cc1Oc1ccnc(N)c1)C=CC2. The summed E-state index contributed by atoms with van der Waals surface area (Å²) in [5, 5.41) is 0. The van der Waals surface area contributed by atoms with E-state index in [2.05, 4.69) is 17.1 Å². The molecule has 1 aromatic heterocycles. The zero-order valence-corrected chi connectivity index (χ0v) is 13.1. The largest absolute Gasteiger partial charge is 0.487 e. The summed E-state index contributed by atoms with van der Waals surface area (Å²) in [6.07, 6.45) is 6.75. The Morgan fingerprint density at radius 2 is 2.09 bits per heavy atom. The molecule has 1 heterocycles. The molecule has 0 saturated carbocycles. The molecule has 2 aromatic rings. The second-order valence-electron chi connectivity index (χ2n) is 5.17. The number of rotatable bonds is 7. The number of benzene rings is 1. The van der Waals surface area contributed by atoms with Crippen LogP contribution in [0.25, 0.3) is 6.08 Å². The van der Waals surface area contributed by atoms with Crippen LogP contribution in [0.4, 0.5) is 5.82 Å². The number of pyridine rings is 1. The summed E-state index contributed by atoms with van der Waals surface area (Å²) in [6.45, 7) is 3.67. The minimum absolute atomic E-state index is 0.419. The van der Waals surface area contributed by atoms with Gasteiger partial charge in [-0.05, 0) is 42.7 Å². The van der Waals surface area contributed by atoms with E-state index in [1.54, 1.807) is 18.3 Å². The van der Waals surface area contributed by atoms with Gasteiger partial charge in [0.1, 0.15) is 18.2 Å². The van der Waals surface area contributed by atoms with Crippen molar-refractivity contribution < 1.29 is 14.2 Å². The van der Waals surface area contributed by atoms with Crippen molar-refractivity contribution in [1.82, 2.24) is 4.98 Å². The molecule has 0 radical (unpaired) electrons. The van der Waals surface area contributed by atoms with Crippen LogP contribution in [-0.2, 0) is 11.2 Å². The van der Waals surface area contributed by atoms with E-state index < -0.39 is 0 Å². The van der Waals surface area contributed by atoms with Gasteiger partial charge in [-0.1, -0.05) is 12.2 Å². The summed E-state index contributed by atoms with van der Waals surface area (Å²) in [5.74, 6) is 2.43. The Balaban J connectivity index is 1.82. The van der Waals surface area contributed by atoms with E-state index in [4.69, 9.17) is 19.9 Å². The van der Waals surface area contributed by atoms with Crippen molar-refractivity contribution in [2.75, 3.05) is 25.6 Å². The van der Waals surface area contributed by atoms with Crippen molar-refractivity contribution in [3.63, 3.8) is 0 Å². The minimum atomic E-state index is 0.419. The molecule has 0 saturated heterocycles. The molecule has 1 aliphatic rings. The molecule has 0 fully saturated rings. The number of allylic oxidation sites excluding steroid dienone is 1.